The Balaban J connectivity index is 4.07. The van der Waals surface area contributed by atoms with Gasteiger partial charge in [0.15, 0.2) is 8.32 Å². The summed E-state index contributed by atoms with van der Waals surface area (Å²) in [5, 5.41) is 0. The molecular weight excluding hydrogens is 236 g/mol. The Labute approximate surface area is 117 Å². The number of rotatable bonds is 13. The van der Waals surface area contributed by atoms with Gasteiger partial charge in [-0.3, -0.25) is 0 Å². The van der Waals surface area contributed by atoms with Gasteiger partial charge in [0.1, 0.15) is 0 Å². The van der Waals surface area contributed by atoms with Crippen LogP contribution in [0.5, 0.6) is 0 Å². The van der Waals surface area contributed by atoms with E-state index >= 15 is 0 Å². The molecule has 0 fully saturated rings. The second-order valence-electron chi connectivity index (χ2n) is 5.76. The Morgan fingerprint density at radius 3 is 1.50 bits per heavy atom. The minimum Gasteiger partial charge on any atom is -0.420 e. The number of hydrogen-bond acceptors (Lipinski definition) is 1. The van der Waals surface area contributed by atoms with Crippen LogP contribution >= 0.6 is 0 Å². The SMILES string of the molecule is CCCCCCC[Si](CCCC)(CCCC)OC. The monoisotopic (exact) mass is 272 g/mol. The lowest BCUT2D eigenvalue weighted by atomic mass is 10.2. The number of unbranched alkanes of at least 4 members (excludes halogenated alkanes) is 6. The Kier molecular flexibility index (Phi) is 12.3. The molecule has 0 aliphatic carbocycles. The summed E-state index contributed by atoms with van der Waals surface area (Å²) in [6.07, 6.45) is 12.4. The van der Waals surface area contributed by atoms with Gasteiger partial charge in [-0.1, -0.05) is 78.6 Å². The van der Waals surface area contributed by atoms with Gasteiger partial charge in [0.2, 0.25) is 0 Å². The van der Waals surface area contributed by atoms with Gasteiger partial charge in [0, 0.05) is 7.11 Å². The van der Waals surface area contributed by atoms with E-state index in [0.29, 0.717) is 0 Å². The summed E-state index contributed by atoms with van der Waals surface area (Å²) in [6, 6.07) is 4.20. The molecule has 0 atom stereocenters. The zero-order chi connectivity index (χ0) is 13.7. The molecule has 110 valence electrons. The fourth-order valence-electron chi connectivity index (χ4n) is 2.73. The lowest BCUT2D eigenvalue weighted by Crippen LogP contribution is -2.36. The van der Waals surface area contributed by atoms with E-state index in [4.69, 9.17) is 4.43 Å². The van der Waals surface area contributed by atoms with Crippen LogP contribution in [-0.2, 0) is 4.43 Å². The van der Waals surface area contributed by atoms with Crippen molar-refractivity contribution in [2.24, 2.45) is 0 Å². The first-order chi connectivity index (χ1) is 8.74. The van der Waals surface area contributed by atoms with Crippen LogP contribution in [0, 0.1) is 0 Å². The van der Waals surface area contributed by atoms with Crippen molar-refractivity contribution in [2.75, 3.05) is 7.11 Å². The predicted molar refractivity (Wildman–Crippen MR) is 85.8 cm³/mol. The molecule has 0 rings (SSSR count). The van der Waals surface area contributed by atoms with Gasteiger partial charge < -0.3 is 4.43 Å². The second kappa shape index (κ2) is 12.2. The first kappa shape index (κ1) is 18.2. The van der Waals surface area contributed by atoms with Gasteiger partial charge in [-0.05, 0) is 18.1 Å². The van der Waals surface area contributed by atoms with Gasteiger partial charge in [-0.25, -0.2) is 0 Å². The predicted octanol–water partition coefficient (Wildman–Crippen LogP) is 6.15. The molecule has 0 heterocycles. The van der Waals surface area contributed by atoms with Crippen molar-refractivity contribution in [1.82, 2.24) is 0 Å². The normalized spacial score (nSPS) is 12.0. The smallest absolute Gasteiger partial charge is 0.192 e. The first-order valence-electron chi connectivity index (χ1n) is 8.29. The molecule has 0 aliphatic heterocycles. The molecule has 18 heavy (non-hydrogen) atoms. The van der Waals surface area contributed by atoms with E-state index in [1.807, 2.05) is 7.11 Å². The molecule has 0 N–H and O–H groups in total. The average molecular weight is 273 g/mol. The van der Waals surface area contributed by atoms with Gasteiger partial charge in [0.05, 0.1) is 0 Å². The van der Waals surface area contributed by atoms with Crippen molar-refractivity contribution in [3.05, 3.63) is 0 Å². The van der Waals surface area contributed by atoms with Crippen LogP contribution in [0.2, 0.25) is 18.1 Å². The van der Waals surface area contributed by atoms with E-state index in [1.165, 1.54) is 75.9 Å². The third-order valence-electron chi connectivity index (χ3n) is 4.14. The van der Waals surface area contributed by atoms with Crippen molar-refractivity contribution >= 4 is 8.32 Å². The molecule has 0 radical (unpaired) electrons. The molecule has 1 nitrogen and oxygen atoms in total. The molecule has 0 amide bonds. The average Bonchev–Trinajstić information content (AvgIpc) is 2.41. The van der Waals surface area contributed by atoms with Gasteiger partial charge in [0.25, 0.3) is 0 Å². The lowest BCUT2D eigenvalue weighted by molar-refractivity contribution is 0.382. The quantitative estimate of drug-likeness (QED) is 0.289. The van der Waals surface area contributed by atoms with Gasteiger partial charge in [-0.2, -0.15) is 0 Å². The minimum atomic E-state index is -1.37. The van der Waals surface area contributed by atoms with E-state index < -0.39 is 8.32 Å². The van der Waals surface area contributed by atoms with Gasteiger partial charge >= 0.3 is 0 Å². The molecule has 0 saturated carbocycles. The zero-order valence-corrected chi connectivity index (χ0v) is 14.4. The summed E-state index contributed by atoms with van der Waals surface area (Å²) in [6.45, 7) is 6.89. The minimum absolute atomic E-state index is 1.32. The van der Waals surface area contributed by atoms with E-state index in [2.05, 4.69) is 20.8 Å². The first-order valence-corrected chi connectivity index (χ1v) is 10.8. The molecule has 0 saturated heterocycles. The maximum absolute atomic E-state index is 6.09. The van der Waals surface area contributed by atoms with Crippen LogP contribution in [0.3, 0.4) is 0 Å². The van der Waals surface area contributed by atoms with Crippen molar-refractivity contribution in [1.29, 1.82) is 0 Å². The van der Waals surface area contributed by atoms with Crippen LogP contribution in [-0.4, -0.2) is 15.4 Å². The van der Waals surface area contributed by atoms with Crippen LogP contribution in [0.4, 0.5) is 0 Å². The van der Waals surface area contributed by atoms with Gasteiger partial charge in [-0.15, -0.1) is 0 Å². The fourth-order valence-corrected chi connectivity index (χ4v) is 6.98. The maximum atomic E-state index is 6.09. The highest BCUT2D eigenvalue weighted by atomic mass is 28.4. The highest BCUT2D eigenvalue weighted by Crippen LogP contribution is 2.29. The lowest BCUT2D eigenvalue weighted by Gasteiger charge is -2.30. The van der Waals surface area contributed by atoms with Crippen LogP contribution < -0.4 is 0 Å². The third kappa shape index (κ3) is 8.31. The second-order valence-corrected chi connectivity index (χ2v) is 10.0. The fraction of sp³-hybridized carbons (Fsp3) is 1.00. The van der Waals surface area contributed by atoms with E-state index in [0.717, 1.165) is 0 Å². The van der Waals surface area contributed by atoms with E-state index in [-0.39, 0.29) is 0 Å². The molecular formula is C16H36OSi. The summed E-state index contributed by atoms with van der Waals surface area (Å²) >= 11 is 0. The summed E-state index contributed by atoms with van der Waals surface area (Å²) < 4.78 is 6.09. The van der Waals surface area contributed by atoms with Crippen LogP contribution in [0.15, 0.2) is 0 Å². The molecule has 0 aromatic heterocycles. The van der Waals surface area contributed by atoms with Crippen LogP contribution in [0.25, 0.3) is 0 Å². The Morgan fingerprint density at radius 1 is 0.611 bits per heavy atom. The molecule has 0 bridgehead atoms. The summed E-state index contributed by atoms with van der Waals surface area (Å²) in [5.41, 5.74) is 0. The Bertz CT molecular complexity index is 162. The maximum Gasteiger partial charge on any atom is 0.192 e. The topological polar surface area (TPSA) is 9.23 Å². The Morgan fingerprint density at radius 2 is 1.06 bits per heavy atom. The molecule has 0 unspecified atom stereocenters. The Hall–Kier alpha value is 0.177. The van der Waals surface area contributed by atoms with E-state index in [9.17, 15) is 0 Å². The van der Waals surface area contributed by atoms with E-state index in [1.54, 1.807) is 0 Å². The largest absolute Gasteiger partial charge is 0.420 e. The highest BCUT2D eigenvalue weighted by molar-refractivity contribution is 6.73. The van der Waals surface area contributed by atoms with Crippen molar-refractivity contribution in [3.8, 4) is 0 Å². The van der Waals surface area contributed by atoms with Crippen LogP contribution in [0.1, 0.15) is 78.6 Å². The summed E-state index contributed by atoms with van der Waals surface area (Å²) in [5.74, 6) is 0. The van der Waals surface area contributed by atoms with Crippen molar-refractivity contribution in [2.45, 2.75) is 96.7 Å². The molecule has 0 aromatic rings. The molecule has 0 aliphatic rings. The third-order valence-corrected chi connectivity index (χ3v) is 8.80. The summed E-state index contributed by atoms with van der Waals surface area (Å²) in [4.78, 5) is 0. The zero-order valence-electron chi connectivity index (χ0n) is 13.4. The molecule has 0 aromatic carbocycles. The van der Waals surface area contributed by atoms with Crippen molar-refractivity contribution < 1.29 is 4.43 Å². The standard InChI is InChI=1S/C16H36OSi/c1-5-8-11-12-13-16-18(17-4,14-9-6-2)15-10-7-3/h5-16H2,1-4H3. The highest BCUT2D eigenvalue weighted by Gasteiger charge is 2.31. The molecule has 0 spiro atoms. The summed E-state index contributed by atoms with van der Waals surface area (Å²) in [7, 11) is 0.618. The van der Waals surface area contributed by atoms with Crippen molar-refractivity contribution in [3.63, 3.8) is 0 Å². The molecule has 2 heteroatoms. The number of hydrogen-bond donors (Lipinski definition) is 0.